The van der Waals surface area contributed by atoms with Gasteiger partial charge in [-0.1, -0.05) is 6.92 Å². The smallest absolute Gasteiger partial charge is 0.238 e. The van der Waals surface area contributed by atoms with Crippen LogP contribution in [-0.2, 0) is 4.79 Å². The minimum absolute atomic E-state index is 0.0468. The molecule has 1 unspecified atom stereocenters. The predicted molar refractivity (Wildman–Crippen MR) is 72.5 cm³/mol. The van der Waals surface area contributed by atoms with E-state index in [1.54, 1.807) is 0 Å². The number of nitrogens with zero attached hydrogens (tertiary/aromatic N) is 1. The molecule has 104 valence electrons. The van der Waals surface area contributed by atoms with Crippen molar-refractivity contribution >= 4 is 5.91 Å². The second-order valence-corrected chi connectivity index (χ2v) is 5.33. The highest BCUT2D eigenvalue weighted by atomic mass is 16.2. The van der Waals surface area contributed by atoms with E-state index in [2.05, 4.69) is 27.8 Å². The van der Waals surface area contributed by atoms with E-state index in [0.717, 1.165) is 32.7 Å². The third-order valence-corrected chi connectivity index (χ3v) is 4.08. The summed E-state index contributed by atoms with van der Waals surface area (Å²) >= 11 is 0. The Morgan fingerprint density at radius 2 is 2.11 bits per heavy atom. The molecule has 0 aliphatic carbocycles. The molecular formula is C13H26N4O. The van der Waals surface area contributed by atoms with Crippen LogP contribution in [0.5, 0.6) is 0 Å². The number of carbonyl (C=O) groups is 1. The van der Waals surface area contributed by atoms with Crippen molar-refractivity contribution in [2.75, 3.05) is 45.8 Å². The highest BCUT2D eigenvalue weighted by Crippen LogP contribution is 2.15. The average Bonchev–Trinajstić information content (AvgIpc) is 2.46. The largest absolute Gasteiger partial charge is 0.354 e. The van der Waals surface area contributed by atoms with Gasteiger partial charge in [-0.15, -0.1) is 0 Å². The molecule has 2 saturated heterocycles. The summed E-state index contributed by atoms with van der Waals surface area (Å²) < 4.78 is 0. The molecule has 0 saturated carbocycles. The Balaban J connectivity index is 1.63. The molecule has 2 fully saturated rings. The summed E-state index contributed by atoms with van der Waals surface area (Å²) in [5, 5.41) is 9.57. The van der Waals surface area contributed by atoms with Crippen LogP contribution >= 0.6 is 0 Å². The predicted octanol–water partition coefficient (Wildman–Crippen LogP) is -0.604. The SMILES string of the molecule is CCN1CCC(CNC(=O)C2CNCCN2)CC1. The second-order valence-electron chi connectivity index (χ2n) is 5.33. The first-order chi connectivity index (χ1) is 8.79. The molecule has 0 bridgehead atoms. The minimum atomic E-state index is -0.0468. The zero-order valence-electron chi connectivity index (χ0n) is 11.4. The van der Waals surface area contributed by atoms with Gasteiger partial charge in [0.1, 0.15) is 0 Å². The summed E-state index contributed by atoms with van der Waals surface area (Å²) in [5.74, 6) is 0.813. The summed E-state index contributed by atoms with van der Waals surface area (Å²) in [6.45, 7) is 9.15. The van der Waals surface area contributed by atoms with Crippen LogP contribution in [0.2, 0.25) is 0 Å². The lowest BCUT2D eigenvalue weighted by Gasteiger charge is -2.31. The number of amides is 1. The Hall–Kier alpha value is -0.650. The number of nitrogens with one attached hydrogen (secondary N) is 3. The topological polar surface area (TPSA) is 56.4 Å². The fourth-order valence-corrected chi connectivity index (χ4v) is 2.71. The van der Waals surface area contributed by atoms with Crippen LogP contribution in [0.4, 0.5) is 0 Å². The maximum absolute atomic E-state index is 11.9. The van der Waals surface area contributed by atoms with Crippen molar-refractivity contribution in [3.8, 4) is 0 Å². The number of hydrogen-bond acceptors (Lipinski definition) is 4. The first-order valence-electron chi connectivity index (χ1n) is 7.23. The van der Waals surface area contributed by atoms with Gasteiger partial charge in [0.2, 0.25) is 5.91 Å². The molecule has 0 aromatic heterocycles. The van der Waals surface area contributed by atoms with Gasteiger partial charge in [-0.2, -0.15) is 0 Å². The van der Waals surface area contributed by atoms with Gasteiger partial charge >= 0.3 is 0 Å². The van der Waals surface area contributed by atoms with Gasteiger partial charge in [0.15, 0.2) is 0 Å². The highest BCUT2D eigenvalue weighted by Gasteiger charge is 2.22. The third-order valence-electron chi connectivity index (χ3n) is 4.08. The standard InChI is InChI=1S/C13H26N4O/c1-2-17-7-3-11(4-8-17)9-16-13(18)12-10-14-5-6-15-12/h11-12,14-15H,2-10H2,1H3,(H,16,18). The van der Waals surface area contributed by atoms with Gasteiger partial charge < -0.3 is 20.9 Å². The fraction of sp³-hybridized carbons (Fsp3) is 0.923. The molecule has 2 aliphatic heterocycles. The van der Waals surface area contributed by atoms with Crippen molar-refractivity contribution < 1.29 is 4.79 Å². The first kappa shape index (κ1) is 13.8. The van der Waals surface area contributed by atoms with E-state index in [-0.39, 0.29) is 11.9 Å². The van der Waals surface area contributed by atoms with Crippen molar-refractivity contribution in [1.82, 2.24) is 20.9 Å². The molecule has 5 nitrogen and oxygen atoms in total. The number of rotatable bonds is 4. The number of hydrogen-bond donors (Lipinski definition) is 3. The number of piperazine rings is 1. The molecule has 0 aromatic carbocycles. The summed E-state index contributed by atoms with van der Waals surface area (Å²) in [5.41, 5.74) is 0. The molecular weight excluding hydrogens is 228 g/mol. The molecule has 5 heteroatoms. The quantitative estimate of drug-likeness (QED) is 0.627. The van der Waals surface area contributed by atoms with E-state index in [1.807, 2.05) is 0 Å². The van der Waals surface area contributed by atoms with Gasteiger partial charge in [-0.3, -0.25) is 4.79 Å². The van der Waals surface area contributed by atoms with Crippen LogP contribution in [0.3, 0.4) is 0 Å². The molecule has 0 spiro atoms. The first-order valence-corrected chi connectivity index (χ1v) is 7.23. The lowest BCUT2D eigenvalue weighted by atomic mass is 9.96. The summed E-state index contributed by atoms with van der Waals surface area (Å²) in [4.78, 5) is 14.4. The molecule has 3 N–H and O–H groups in total. The van der Waals surface area contributed by atoms with E-state index in [1.165, 1.54) is 25.9 Å². The molecule has 2 rings (SSSR count). The van der Waals surface area contributed by atoms with Crippen molar-refractivity contribution in [3.05, 3.63) is 0 Å². The van der Waals surface area contributed by atoms with E-state index in [9.17, 15) is 4.79 Å². The maximum atomic E-state index is 11.9. The molecule has 2 heterocycles. The number of piperidine rings is 1. The van der Waals surface area contributed by atoms with Crippen LogP contribution in [0.1, 0.15) is 19.8 Å². The summed E-state index contributed by atoms with van der Waals surface area (Å²) in [7, 11) is 0. The zero-order valence-corrected chi connectivity index (χ0v) is 11.4. The molecule has 18 heavy (non-hydrogen) atoms. The molecule has 2 aliphatic rings. The Bertz CT molecular complexity index is 258. The average molecular weight is 254 g/mol. The second kappa shape index (κ2) is 7.07. The monoisotopic (exact) mass is 254 g/mol. The molecule has 1 amide bonds. The highest BCUT2D eigenvalue weighted by molar-refractivity contribution is 5.82. The summed E-state index contributed by atoms with van der Waals surface area (Å²) in [6.07, 6.45) is 2.43. The van der Waals surface area contributed by atoms with Crippen LogP contribution in [0.25, 0.3) is 0 Å². The van der Waals surface area contributed by atoms with Crippen molar-refractivity contribution in [2.45, 2.75) is 25.8 Å². The fourth-order valence-electron chi connectivity index (χ4n) is 2.71. The van der Waals surface area contributed by atoms with Gasteiger partial charge in [0, 0.05) is 26.2 Å². The Morgan fingerprint density at radius 1 is 1.33 bits per heavy atom. The van der Waals surface area contributed by atoms with Crippen LogP contribution in [0, 0.1) is 5.92 Å². The van der Waals surface area contributed by atoms with Gasteiger partial charge in [-0.05, 0) is 38.4 Å². The molecule has 0 aromatic rings. The minimum Gasteiger partial charge on any atom is -0.354 e. The number of carbonyl (C=O) groups excluding carboxylic acids is 1. The van der Waals surface area contributed by atoms with Gasteiger partial charge in [-0.25, -0.2) is 0 Å². The summed E-state index contributed by atoms with van der Waals surface area (Å²) in [6, 6.07) is -0.0468. The van der Waals surface area contributed by atoms with Crippen molar-refractivity contribution in [1.29, 1.82) is 0 Å². The third kappa shape index (κ3) is 3.93. The Labute approximate surface area is 110 Å². The molecule has 1 atom stereocenters. The van der Waals surface area contributed by atoms with Crippen LogP contribution in [-0.4, -0.2) is 62.7 Å². The van der Waals surface area contributed by atoms with E-state index >= 15 is 0 Å². The van der Waals surface area contributed by atoms with Gasteiger partial charge in [0.05, 0.1) is 6.04 Å². The number of likely N-dealkylation sites (tertiary alicyclic amines) is 1. The lowest BCUT2D eigenvalue weighted by Crippen LogP contribution is -2.56. The van der Waals surface area contributed by atoms with E-state index < -0.39 is 0 Å². The Morgan fingerprint density at radius 3 is 2.72 bits per heavy atom. The zero-order chi connectivity index (χ0) is 12.8. The lowest BCUT2D eigenvalue weighted by molar-refractivity contribution is -0.123. The van der Waals surface area contributed by atoms with Crippen molar-refractivity contribution in [2.24, 2.45) is 5.92 Å². The van der Waals surface area contributed by atoms with Crippen molar-refractivity contribution in [3.63, 3.8) is 0 Å². The van der Waals surface area contributed by atoms with Gasteiger partial charge in [0.25, 0.3) is 0 Å². The molecule has 0 radical (unpaired) electrons. The normalized spacial score (nSPS) is 27.1. The van der Waals surface area contributed by atoms with E-state index in [0.29, 0.717) is 5.92 Å². The van der Waals surface area contributed by atoms with E-state index in [4.69, 9.17) is 0 Å². The van der Waals surface area contributed by atoms with Crippen LogP contribution in [0.15, 0.2) is 0 Å². The van der Waals surface area contributed by atoms with Crippen LogP contribution < -0.4 is 16.0 Å². The Kier molecular flexibility index (Phi) is 5.41. The maximum Gasteiger partial charge on any atom is 0.238 e.